The van der Waals surface area contributed by atoms with Crippen LogP contribution in [0.15, 0.2) is 24.3 Å². The van der Waals surface area contributed by atoms with E-state index >= 15 is 0 Å². The molecule has 0 amide bonds. The van der Waals surface area contributed by atoms with E-state index < -0.39 is 0 Å². The molecule has 0 saturated heterocycles. The Morgan fingerprint density at radius 2 is 1.16 bits per heavy atom. The van der Waals surface area contributed by atoms with Crippen molar-refractivity contribution in [1.29, 1.82) is 0 Å². The van der Waals surface area contributed by atoms with Crippen LogP contribution in [0, 0.1) is 13.8 Å². The first-order valence-corrected chi connectivity index (χ1v) is 16.2. The van der Waals surface area contributed by atoms with Gasteiger partial charge >= 0.3 is 33.0 Å². The van der Waals surface area contributed by atoms with E-state index in [1.54, 1.807) is 14.2 Å². The second kappa shape index (κ2) is 15.8. The van der Waals surface area contributed by atoms with Crippen molar-refractivity contribution in [3.05, 3.63) is 69.3 Å². The van der Waals surface area contributed by atoms with E-state index in [0.717, 1.165) is 78.2 Å². The van der Waals surface area contributed by atoms with Crippen LogP contribution in [0.5, 0.6) is 0 Å². The van der Waals surface area contributed by atoms with Gasteiger partial charge in [0, 0.05) is 32.6 Å². The number of aromatic nitrogens is 4. The van der Waals surface area contributed by atoms with Crippen molar-refractivity contribution < 1.29 is 49.6 Å². The van der Waals surface area contributed by atoms with Gasteiger partial charge in [-0.25, -0.2) is 9.97 Å². The maximum atomic E-state index is 12.2. The van der Waals surface area contributed by atoms with Crippen LogP contribution in [-0.4, -0.2) is 56.4 Å². The monoisotopic (exact) mass is 847 g/mol. The fourth-order valence-electron chi connectivity index (χ4n) is 6.55. The first-order chi connectivity index (χ1) is 22.9. The average molecular weight is 848 g/mol. The molecule has 3 aromatic rings. The van der Waals surface area contributed by atoms with Crippen LogP contribution in [0.4, 0.5) is 0 Å². The van der Waals surface area contributed by atoms with Crippen LogP contribution < -0.4 is 9.97 Å². The van der Waals surface area contributed by atoms with E-state index in [-0.39, 0.29) is 58.1 Å². The molecule has 262 valence electrons. The molecule has 2 atom stereocenters. The van der Waals surface area contributed by atoms with E-state index in [1.807, 2.05) is 58.9 Å². The van der Waals surface area contributed by atoms with Crippen molar-refractivity contribution in [2.24, 2.45) is 0 Å². The quantitative estimate of drug-likeness (QED) is 0.200. The Morgan fingerprint density at radius 3 is 1.80 bits per heavy atom. The maximum absolute atomic E-state index is 12.2. The molecule has 49 heavy (non-hydrogen) atoms. The van der Waals surface area contributed by atoms with Gasteiger partial charge in [0.2, 0.25) is 0 Å². The van der Waals surface area contributed by atoms with Gasteiger partial charge in [-0.3, -0.25) is 9.59 Å². The van der Waals surface area contributed by atoms with Gasteiger partial charge in [0.1, 0.15) is 0 Å². The van der Waals surface area contributed by atoms with Crippen molar-refractivity contribution in [3.63, 3.8) is 0 Å². The van der Waals surface area contributed by atoms with Gasteiger partial charge in [-0.2, -0.15) is 0 Å². The van der Waals surface area contributed by atoms with Crippen molar-refractivity contribution in [2.75, 3.05) is 28.4 Å². The van der Waals surface area contributed by atoms with E-state index in [9.17, 15) is 9.59 Å². The zero-order chi connectivity index (χ0) is 34.9. The van der Waals surface area contributed by atoms with Gasteiger partial charge in [-0.05, 0) is 76.7 Å². The van der Waals surface area contributed by atoms with Gasteiger partial charge < -0.3 is 28.9 Å². The predicted octanol–water partition coefficient (Wildman–Crippen LogP) is 6.85. The second-order valence-electron chi connectivity index (χ2n) is 12.3. The fraction of sp³-hybridized carbons (Fsp3) is 0.421. The number of hydrogen-bond donors (Lipinski definition) is 0. The average Bonchev–Trinajstić information content (AvgIpc) is 3.74. The summed E-state index contributed by atoms with van der Waals surface area (Å²) < 4.78 is 21.6. The number of rotatable bonds is 10. The second-order valence-corrected chi connectivity index (χ2v) is 12.3. The summed E-state index contributed by atoms with van der Waals surface area (Å²) in [5, 5.41) is 0. The molecule has 5 rings (SSSR count). The molecular formula is C38H44N4O6Pt. The number of methoxy groups -OCH3 is 4. The Kier molecular flexibility index (Phi) is 12.2. The maximum Gasteiger partial charge on any atom is 2.00 e. The third kappa shape index (κ3) is 7.52. The van der Waals surface area contributed by atoms with Gasteiger partial charge in [-0.1, -0.05) is 41.0 Å². The number of fused-ring (bicyclic) bond motifs is 8. The van der Waals surface area contributed by atoms with Gasteiger partial charge in [-0.15, -0.1) is 22.1 Å². The number of aryl methyl sites for hydroxylation is 3. The molecule has 0 spiro atoms. The molecule has 0 fully saturated rings. The summed E-state index contributed by atoms with van der Waals surface area (Å²) in [6.45, 7) is 12.1. The smallest absolute Gasteiger partial charge is 0.657 e. The molecule has 11 heteroatoms. The topological polar surface area (TPSA) is 125 Å². The SMILES string of the molecule is COC(=O)CCC1=C(C)c2cc3[n-]c(cc4nc(cc5[n-]c(cc1n2)c(CCC(=O)OC)c5C)C(C(C)OC)=C4C)c(C(C)OC)c3C.[Pt+2]. The van der Waals surface area contributed by atoms with Crippen LogP contribution >= 0.6 is 0 Å². The van der Waals surface area contributed by atoms with Gasteiger partial charge in [0.15, 0.2) is 0 Å². The molecule has 10 nitrogen and oxygen atoms in total. The molecule has 2 aliphatic heterocycles. The van der Waals surface area contributed by atoms with Crippen molar-refractivity contribution in [1.82, 2.24) is 19.9 Å². The molecule has 8 bridgehead atoms. The zero-order valence-electron chi connectivity index (χ0n) is 29.8. The van der Waals surface area contributed by atoms with E-state index in [4.69, 9.17) is 38.9 Å². The van der Waals surface area contributed by atoms with Crippen molar-refractivity contribution in [3.8, 4) is 0 Å². The Morgan fingerprint density at radius 1 is 0.653 bits per heavy atom. The first-order valence-electron chi connectivity index (χ1n) is 16.2. The summed E-state index contributed by atoms with van der Waals surface area (Å²) >= 11 is 0. The first kappa shape index (κ1) is 38.0. The minimum Gasteiger partial charge on any atom is -0.657 e. The standard InChI is InChI=1S/C38H44N4O6.Pt/c1-19-25(11-13-35(43)47-9)31-18-32-26(12-14-36(44)48-10)20(2)28(40-32)16-33-38(24(6)46-8)22(4)30(42-33)17-34-37(23(5)45-7)21(3)29(41-34)15-27(19)39-31;/h15-18,23-24H,11-14H2,1-10H3;/q-2;+2. The summed E-state index contributed by atoms with van der Waals surface area (Å²) in [4.78, 5) is 44.9. The number of nitrogens with zero attached hydrogens (tertiary/aromatic N) is 4. The Hall–Kier alpha value is -3.85. The molecule has 3 aromatic heterocycles. The minimum atomic E-state index is -0.299. The summed E-state index contributed by atoms with van der Waals surface area (Å²) in [6, 6.07) is 7.96. The van der Waals surface area contributed by atoms with Crippen LogP contribution in [0.25, 0.3) is 44.4 Å². The van der Waals surface area contributed by atoms with E-state index in [2.05, 4.69) is 6.92 Å². The predicted molar refractivity (Wildman–Crippen MR) is 187 cm³/mol. The van der Waals surface area contributed by atoms with Crippen LogP contribution in [-0.2, 0) is 56.0 Å². The number of esters is 2. The third-order valence-corrected chi connectivity index (χ3v) is 9.61. The molecule has 5 heterocycles. The Bertz CT molecular complexity index is 2000. The van der Waals surface area contributed by atoms with Crippen LogP contribution in [0.2, 0.25) is 0 Å². The Labute approximate surface area is 302 Å². The Balaban J connectivity index is 0.00000541. The van der Waals surface area contributed by atoms with Crippen LogP contribution in [0.1, 0.15) is 98.1 Å². The molecule has 0 aliphatic carbocycles. The number of carbonyl (C=O) groups excluding carboxylic acids is 2. The van der Waals surface area contributed by atoms with Gasteiger partial charge in [0.25, 0.3) is 0 Å². The summed E-state index contributed by atoms with van der Waals surface area (Å²) in [6.07, 6.45) is 0.855. The number of carbonyl (C=O) groups is 2. The van der Waals surface area contributed by atoms with E-state index in [0.29, 0.717) is 24.1 Å². The number of ether oxygens (including phenoxy) is 4. The largest absolute Gasteiger partial charge is 2.00 e. The van der Waals surface area contributed by atoms with Crippen LogP contribution in [0.3, 0.4) is 0 Å². The molecule has 2 aliphatic rings. The molecular weight excluding hydrogens is 804 g/mol. The van der Waals surface area contributed by atoms with Gasteiger partial charge in [0.05, 0.1) is 49.2 Å². The number of hydrogen-bond acceptors (Lipinski definition) is 8. The van der Waals surface area contributed by atoms with Crippen molar-refractivity contribution >= 4 is 56.3 Å². The zero-order valence-corrected chi connectivity index (χ0v) is 32.1. The minimum absolute atomic E-state index is 0. The molecule has 0 aromatic carbocycles. The summed E-state index contributed by atoms with van der Waals surface area (Å²) in [5.74, 6) is -0.597. The molecule has 2 unspecified atom stereocenters. The normalized spacial score (nSPS) is 14.1. The number of allylic oxidation sites excluding steroid dienone is 3. The van der Waals surface area contributed by atoms with E-state index in [1.165, 1.54) is 14.2 Å². The summed E-state index contributed by atoms with van der Waals surface area (Å²) in [7, 11) is 6.16. The molecule has 0 saturated carbocycles. The third-order valence-electron chi connectivity index (χ3n) is 9.61. The molecule has 0 radical (unpaired) electrons. The summed E-state index contributed by atoms with van der Waals surface area (Å²) in [5.41, 5.74) is 13.7. The fourth-order valence-corrected chi connectivity index (χ4v) is 6.55. The van der Waals surface area contributed by atoms with Crippen molar-refractivity contribution in [2.45, 2.75) is 79.4 Å². The molecule has 0 N–H and O–H groups in total.